The van der Waals surface area contributed by atoms with Crippen LogP contribution < -0.4 is 5.32 Å². The number of sulfonamides is 1. The number of aryl methyl sites for hydroxylation is 1. The number of nitrogens with one attached hydrogen (secondary N) is 1. The van der Waals surface area contributed by atoms with Crippen molar-refractivity contribution in [3.05, 3.63) is 33.8 Å². The Kier molecular flexibility index (Phi) is 8.00. The molecule has 0 bridgehead atoms. The Hall–Kier alpha value is -2.05. The monoisotopic (exact) mass is 469 g/mol. The van der Waals surface area contributed by atoms with Crippen LogP contribution >= 0.6 is 11.3 Å². The van der Waals surface area contributed by atoms with Crippen LogP contribution in [0.5, 0.6) is 0 Å². The summed E-state index contributed by atoms with van der Waals surface area (Å²) in [5, 5.41) is 8.57. The quantitative estimate of drug-likeness (QED) is 0.561. The molecule has 0 radical (unpaired) electrons. The number of methoxy groups -OCH3 is 2. The van der Waals surface area contributed by atoms with E-state index in [1.54, 1.807) is 19.1 Å². The molecule has 0 unspecified atom stereocenters. The predicted octanol–water partition coefficient (Wildman–Crippen LogP) is 2.35. The van der Waals surface area contributed by atoms with E-state index in [4.69, 9.17) is 14.0 Å². The molecule has 1 fully saturated rings. The number of hydrogen-bond acceptors (Lipinski definition) is 8. The summed E-state index contributed by atoms with van der Waals surface area (Å²) in [6.07, 6.45) is 4.04. The molecule has 3 heterocycles. The van der Waals surface area contributed by atoms with Crippen LogP contribution in [0.2, 0.25) is 0 Å². The van der Waals surface area contributed by atoms with E-state index in [-0.39, 0.29) is 29.7 Å². The van der Waals surface area contributed by atoms with Gasteiger partial charge in [0, 0.05) is 32.2 Å². The van der Waals surface area contributed by atoms with Crippen molar-refractivity contribution in [1.82, 2.24) is 14.8 Å². The molecule has 9 nitrogen and oxygen atoms in total. The molecule has 3 rings (SSSR count). The average Bonchev–Trinajstić information content (AvgIpc) is 3.42. The lowest BCUT2D eigenvalue weighted by atomic mass is 9.99. The van der Waals surface area contributed by atoms with Crippen LogP contribution in [0.15, 0.2) is 26.9 Å². The highest BCUT2D eigenvalue weighted by Gasteiger charge is 2.37. The van der Waals surface area contributed by atoms with Gasteiger partial charge in [-0.2, -0.15) is 4.31 Å². The molecule has 1 amide bonds. The Labute approximate surface area is 186 Å². The molecule has 2 aromatic heterocycles. The molecule has 170 valence electrons. The molecule has 1 aliphatic heterocycles. The second-order valence-corrected chi connectivity index (χ2v) is 10.0. The predicted molar refractivity (Wildman–Crippen MR) is 117 cm³/mol. The van der Waals surface area contributed by atoms with E-state index in [9.17, 15) is 13.2 Å². The van der Waals surface area contributed by atoms with Crippen molar-refractivity contribution in [3.8, 4) is 0 Å². The minimum Gasteiger partial charge on any atom is -0.355 e. The first-order valence-electron chi connectivity index (χ1n) is 9.88. The fourth-order valence-corrected chi connectivity index (χ4v) is 5.83. The van der Waals surface area contributed by atoms with E-state index in [0.29, 0.717) is 25.1 Å². The Balaban J connectivity index is 1.75. The molecular formula is C20H27N3O6S2. The molecule has 2 aromatic rings. The highest BCUT2D eigenvalue weighted by Crippen LogP contribution is 2.29. The summed E-state index contributed by atoms with van der Waals surface area (Å²) >= 11 is 1.53. The highest BCUT2D eigenvalue weighted by atomic mass is 32.2. The molecule has 0 aromatic carbocycles. The SMILES string of the molecule is COC(CNC(=O)[C@H]1CCCN(S(=O)(=O)c2c(C)noc2/C=C/c2cccs2)C1)OC. The summed E-state index contributed by atoms with van der Waals surface area (Å²) in [6, 6.07) is 3.83. The maximum Gasteiger partial charge on any atom is 0.248 e. The van der Waals surface area contributed by atoms with E-state index in [2.05, 4.69) is 10.5 Å². The van der Waals surface area contributed by atoms with E-state index in [1.165, 1.54) is 29.9 Å². The molecule has 0 saturated carbocycles. The molecule has 1 N–H and O–H groups in total. The van der Waals surface area contributed by atoms with Crippen molar-refractivity contribution in [3.63, 3.8) is 0 Å². The molecule has 0 aliphatic carbocycles. The Morgan fingerprint density at radius 1 is 1.42 bits per heavy atom. The van der Waals surface area contributed by atoms with E-state index in [1.807, 2.05) is 17.5 Å². The van der Waals surface area contributed by atoms with Gasteiger partial charge in [0.25, 0.3) is 0 Å². The number of carbonyl (C=O) groups is 1. The smallest absolute Gasteiger partial charge is 0.248 e. The van der Waals surface area contributed by atoms with Gasteiger partial charge in [-0.25, -0.2) is 8.42 Å². The van der Waals surface area contributed by atoms with E-state index < -0.39 is 22.2 Å². The zero-order valence-corrected chi connectivity index (χ0v) is 19.4. The van der Waals surface area contributed by atoms with Gasteiger partial charge in [-0.05, 0) is 43.4 Å². The normalized spacial score (nSPS) is 18.1. The summed E-state index contributed by atoms with van der Waals surface area (Å²) in [5.74, 6) is -0.498. The van der Waals surface area contributed by atoms with Crippen molar-refractivity contribution in [2.45, 2.75) is 31.0 Å². The summed E-state index contributed by atoms with van der Waals surface area (Å²) in [5.41, 5.74) is 0.292. The van der Waals surface area contributed by atoms with Crippen molar-refractivity contribution in [2.24, 2.45) is 5.92 Å². The van der Waals surface area contributed by atoms with Crippen LogP contribution in [0.3, 0.4) is 0 Å². The Morgan fingerprint density at radius 2 is 2.19 bits per heavy atom. The maximum absolute atomic E-state index is 13.4. The van der Waals surface area contributed by atoms with Crippen molar-refractivity contribution >= 4 is 39.4 Å². The summed E-state index contributed by atoms with van der Waals surface area (Å²) < 4.78 is 43.6. The van der Waals surface area contributed by atoms with Crippen LogP contribution in [0.4, 0.5) is 0 Å². The lowest BCUT2D eigenvalue weighted by molar-refractivity contribution is -0.131. The zero-order chi connectivity index (χ0) is 22.4. The van der Waals surface area contributed by atoms with Gasteiger partial charge >= 0.3 is 0 Å². The third kappa shape index (κ3) is 5.60. The van der Waals surface area contributed by atoms with Crippen molar-refractivity contribution in [1.29, 1.82) is 0 Å². The number of carbonyl (C=O) groups excluding carboxylic acids is 1. The van der Waals surface area contributed by atoms with E-state index >= 15 is 0 Å². The number of piperidine rings is 1. The number of amides is 1. The summed E-state index contributed by atoms with van der Waals surface area (Å²) in [4.78, 5) is 13.6. The molecule has 31 heavy (non-hydrogen) atoms. The van der Waals surface area contributed by atoms with Gasteiger partial charge in [0.2, 0.25) is 15.9 Å². The number of nitrogens with zero attached hydrogens (tertiary/aromatic N) is 2. The third-order valence-corrected chi connectivity index (χ3v) is 7.96. The first-order valence-corrected chi connectivity index (χ1v) is 12.2. The third-order valence-electron chi connectivity index (χ3n) is 5.10. The number of thiophene rings is 1. The second kappa shape index (κ2) is 10.5. The first kappa shape index (κ1) is 23.6. The molecular weight excluding hydrogens is 442 g/mol. The largest absolute Gasteiger partial charge is 0.355 e. The van der Waals surface area contributed by atoms with Crippen LogP contribution in [-0.4, -0.2) is 63.9 Å². The molecule has 1 saturated heterocycles. The fourth-order valence-electron chi connectivity index (χ4n) is 3.44. The van der Waals surface area contributed by atoms with Gasteiger partial charge in [-0.1, -0.05) is 11.2 Å². The number of rotatable bonds is 9. The number of hydrogen-bond donors (Lipinski definition) is 1. The average molecular weight is 470 g/mol. The number of aromatic nitrogens is 1. The highest BCUT2D eigenvalue weighted by molar-refractivity contribution is 7.89. The lowest BCUT2D eigenvalue weighted by Gasteiger charge is -2.31. The van der Waals surface area contributed by atoms with Crippen LogP contribution in [0.25, 0.3) is 12.2 Å². The van der Waals surface area contributed by atoms with E-state index in [0.717, 1.165) is 4.88 Å². The summed E-state index contributed by atoms with van der Waals surface area (Å²) in [6.45, 7) is 2.22. The van der Waals surface area contributed by atoms with Gasteiger partial charge in [0.15, 0.2) is 16.9 Å². The van der Waals surface area contributed by atoms with Gasteiger partial charge in [-0.15, -0.1) is 11.3 Å². The minimum absolute atomic E-state index is 0.0418. The zero-order valence-electron chi connectivity index (χ0n) is 17.7. The topological polar surface area (TPSA) is 111 Å². The second-order valence-electron chi connectivity index (χ2n) is 7.16. The van der Waals surface area contributed by atoms with Crippen LogP contribution in [0, 0.1) is 12.8 Å². The standard InChI is InChI=1S/C20H27N3O6S2/c1-14-19(17(29-22-14)9-8-16-7-5-11-30-16)31(25,26)23-10-4-6-15(13-23)20(24)21-12-18(27-2)28-3/h5,7-9,11,15,18H,4,6,10,12-13H2,1-3H3,(H,21,24)/b9-8+/t15-/m0/s1. The van der Waals surface area contributed by atoms with Crippen LogP contribution in [0.1, 0.15) is 29.2 Å². The van der Waals surface area contributed by atoms with Gasteiger partial charge in [-0.3, -0.25) is 4.79 Å². The minimum atomic E-state index is -3.88. The first-order chi connectivity index (χ1) is 14.9. The fraction of sp³-hybridized carbons (Fsp3) is 0.500. The lowest BCUT2D eigenvalue weighted by Crippen LogP contribution is -2.47. The van der Waals surface area contributed by atoms with Gasteiger partial charge < -0.3 is 19.3 Å². The van der Waals surface area contributed by atoms with Crippen molar-refractivity contribution in [2.75, 3.05) is 33.9 Å². The molecule has 11 heteroatoms. The van der Waals surface area contributed by atoms with Crippen LogP contribution in [-0.2, 0) is 24.3 Å². The number of ether oxygens (including phenoxy) is 2. The maximum atomic E-state index is 13.4. The molecule has 0 spiro atoms. The molecule has 1 aliphatic rings. The Morgan fingerprint density at radius 3 is 2.87 bits per heavy atom. The summed E-state index contributed by atoms with van der Waals surface area (Å²) in [7, 11) is -0.904. The molecule has 1 atom stereocenters. The van der Waals surface area contributed by atoms with Gasteiger partial charge in [0.1, 0.15) is 5.69 Å². The van der Waals surface area contributed by atoms with Gasteiger partial charge in [0.05, 0.1) is 12.5 Å². The van der Waals surface area contributed by atoms with Crippen molar-refractivity contribution < 1.29 is 27.2 Å². The Bertz CT molecular complexity index is 996.